The number of amides is 2. The zero-order valence-electron chi connectivity index (χ0n) is 14.7. The average molecular weight is 396 g/mol. The van der Waals surface area contributed by atoms with E-state index in [1.54, 1.807) is 17.7 Å². The Balaban J connectivity index is 1.57. The van der Waals surface area contributed by atoms with E-state index in [2.05, 4.69) is 4.99 Å². The van der Waals surface area contributed by atoms with E-state index in [4.69, 9.17) is 0 Å². The predicted molar refractivity (Wildman–Crippen MR) is 104 cm³/mol. The van der Waals surface area contributed by atoms with Crippen molar-refractivity contribution in [3.63, 3.8) is 0 Å². The minimum atomic E-state index is -0.306. The number of aromatic nitrogens is 1. The van der Waals surface area contributed by atoms with Crippen molar-refractivity contribution in [2.75, 3.05) is 24.6 Å². The fraction of sp³-hybridized carbons (Fsp3) is 0.500. The molecule has 3 rings (SSSR count). The zero-order valence-corrected chi connectivity index (χ0v) is 16.4. The van der Waals surface area contributed by atoms with Crippen LogP contribution in [0.3, 0.4) is 0 Å². The molecule has 5 nitrogen and oxygen atoms in total. The molecule has 2 amide bonds. The Morgan fingerprint density at radius 2 is 1.92 bits per heavy atom. The molecule has 0 radical (unpaired) electrons. The number of benzene rings is 1. The van der Waals surface area contributed by atoms with E-state index in [9.17, 15) is 14.0 Å². The summed E-state index contributed by atoms with van der Waals surface area (Å²) in [6.45, 7) is 1.65. The lowest BCUT2D eigenvalue weighted by Crippen LogP contribution is -2.33. The third-order valence-electron chi connectivity index (χ3n) is 4.40. The van der Waals surface area contributed by atoms with Crippen LogP contribution in [0.4, 0.5) is 4.39 Å². The van der Waals surface area contributed by atoms with Gasteiger partial charge in [0.05, 0.1) is 21.7 Å². The molecule has 0 spiro atoms. The summed E-state index contributed by atoms with van der Waals surface area (Å²) in [5.41, 5.74) is 0.840. The number of hydrogen-bond acceptors (Lipinski definition) is 4. The van der Waals surface area contributed by atoms with Crippen LogP contribution in [0.1, 0.15) is 25.7 Å². The normalized spacial score (nSPS) is 16.1. The summed E-state index contributed by atoms with van der Waals surface area (Å²) in [7, 11) is 1.80. The van der Waals surface area contributed by atoms with Crippen LogP contribution in [-0.4, -0.2) is 45.9 Å². The molecule has 1 aliphatic rings. The molecule has 0 saturated carbocycles. The van der Waals surface area contributed by atoms with Crippen molar-refractivity contribution in [2.45, 2.75) is 25.7 Å². The number of likely N-dealkylation sites (tertiary alicyclic amines) is 1. The van der Waals surface area contributed by atoms with Gasteiger partial charge in [-0.1, -0.05) is 24.2 Å². The third kappa shape index (κ3) is 4.73. The first-order chi connectivity index (χ1) is 12.5. The average Bonchev–Trinajstić information content (AvgIpc) is 2.81. The van der Waals surface area contributed by atoms with Gasteiger partial charge in [-0.05, 0) is 31.0 Å². The maximum absolute atomic E-state index is 13.3. The van der Waals surface area contributed by atoms with Crippen molar-refractivity contribution in [1.29, 1.82) is 0 Å². The Morgan fingerprint density at radius 3 is 2.65 bits per heavy atom. The highest BCUT2D eigenvalue weighted by molar-refractivity contribution is 8.00. The zero-order chi connectivity index (χ0) is 18.5. The number of rotatable bonds is 4. The number of thioether (sulfide) groups is 1. The Kier molecular flexibility index (Phi) is 6.48. The molecule has 1 aliphatic heterocycles. The molecule has 2 heterocycles. The third-order valence-corrected chi connectivity index (χ3v) is 6.40. The highest BCUT2D eigenvalue weighted by atomic mass is 32.2. The van der Waals surface area contributed by atoms with Crippen LogP contribution in [0.25, 0.3) is 10.2 Å². The largest absolute Gasteiger partial charge is 0.342 e. The number of halogens is 1. The van der Waals surface area contributed by atoms with Gasteiger partial charge in [0.1, 0.15) is 5.82 Å². The van der Waals surface area contributed by atoms with Crippen molar-refractivity contribution >= 4 is 45.1 Å². The number of nitrogens with zero attached hydrogens (tertiary/aromatic N) is 3. The van der Waals surface area contributed by atoms with Gasteiger partial charge >= 0.3 is 0 Å². The van der Waals surface area contributed by atoms with Crippen LogP contribution in [-0.2, 0) is 16.6 Å². The molecule has 0 unspecified atom stereocenters. The van der Waals surface area contributed by atoms with Gasteiger partial charge in [0.25, 0.3) is 5.91 Å². The van der Waals surface area contributed by atoms with Gasteiger partial charge in [-0.3, -0.25) is 9.59 Å². The molecule has 0 aliphatic carbocycles. The molecule has 1 saturated heterocycles. The predicted octanol–water partition coefficient (Wildman–Crippen LogP) is 2.94. The Morgan fingerprint density at radius 1 is 1.19 bits per heavy atom. The molecule has 140 valence electrons. The number of carbonyl (C=O) groups is 2. The lowest BCUT2D eigenvalue weighted by Gasteiger charge is -2.19. The first-order valence-electron chi connectivity index (χ1n) is 8.73. The minimum Gasteiger partial charge on any atom is -0.342 e. The van der Waals surface area contributed by atoms with E-state index in [1.807, 2.05) is 4.90 Å². The van der Waals surface area contributed by atoms with Crippen molar-refractivity contribution in [2.24, 2.45) is 12.0 Å². The molecule has 2 aromatic rings. The van der Waals surface area contributed by atoms with E-state index in [0.717, 1.165) is 36.1 Å². The molecule has 1 aromatic heterocycles. The van der Waals surface area contributed by atoms with Gasteiger partial charge in [-0.15, -0.1) is 11.8 Å². The molecule has 0 N–H and O–H groups in total. The SMILES string of the molecule is Cn1c(=NC(=O)CSCC(=O)N2CCCCCC2)sc2cc(F)ccc21. The van der Waals surface area contributed by atoms with Crippen LogP contribution in [0.5, 0.6) is 0 Å². The first-order valence-corrected chi connectivity index (χ1v) is 10.7. The smallest absolute Gasteiger partial charge is 0.258 e. The van der Waals surface area contributed by atoms with Gasteiger partial charge < -0.3 is 9.47 Å². The molecular weight excluding hydrogens is 373 g/mol. The molecular formula is C18H22FN3O2S2. The van der Waals surface area contributed by atoms with Crippen LogP contribution < -0.4 is 4.80 Å². The summed E-state index contributed by atoms with van der Waals surface area (Å²) < 4.78 is 15.9. The maximum Gasteiger partial charge on any atom is 0.258 e. The fourth-order valence-corrected chi connectivity index (χ4v) is 4.75. The number of fused-ring (bicyclic) bond motifs is 1. The molecule has 1 fully saturated rings. The molecule has 26 heavy (non-hydrogen) atoms. The number of thiazole rings is 1. The van der Waals surface area contributed by atoms with E-state index in [-0.39, 0.29) is 23.4 Å². The maximum atomic E-state index is 13.3. The summed E-state index contributed by atoms with van der Waals surface area (Å²) in [5, 5.41) is 0. The molecule has 0 bridgehead atoms. The van der Waals surface area contributed by atoms with E-state index >= 15 is 0 Å². The Bertz CT molecular complexity index is 867. The molecule has 0 atom stereocenters. The van der Waals surface area contributed by atoms with Gasteiger partial charge in [0.15, 0.2) is 4.80 Å². The highest BCUT2D eigenvalue weighted by Crippen LogP contribution is 2.17. The lowest BCUT2D eigenvalue weighted by molar-refractivity contribution is -0.128. The van der Waals surface area contributed by atoms with Crippen molar-refractivity contribution < 1.29 is 14.0 Å². The van der Waals surface area contributed by atoms with Gasteiger partial charge in [0.2, 0.25) is 5.91 Å². The molecule has 1 aromatic carbocycles. The van der Waals surface area contributed by atoms with Crippen LogP contribution in [0, 0.1) is 5.82 Å². The molecule has 8 heteroatoms. The second kappa shape index (κ2) is 8.81. The Hall–Kier alpha value is -1.67. The van der Waals surface area contributed by atoms with E-state index in [1.165, 1.54) is 48.1 Å². The number of carbonyl (C=O) groups excluding carboxylic acids is 2. The second-order valence-electron chi connectivity index (χ2n) is 6.35. The number of aryl methyl sites for hydroxylation is 1. The lowest BCUT2D eigenvalue weighted by atomic mass is 10.2. The quantitative estimate of drug-likeness (QED) is 0.800. The minimum absolute atomic E-state index is 0.104. The second-order valence-corrected chi connectivity index (χ2v) is 8.34. The van der Waals surface area contributed by atoms with Crippen molar-refractivity contribution in [3.8, 4) is 0 Å². The van der Waals surface area contributed by atoms with Gasteiger partial charge in [-0.2, -0.15) is 4.99 Å². The van der Waals surface area contributed by atoms with Crippen LogP contribution >= 0.6 is 23.1 Å². The van der Waals surface area contributed by atoms with Gasteiger partial charge in [0, 0.05) is 20.1 Å². The summed E-state index contributed by atoms with van der Waals surface area (Å²) >= 11 is 2.59. The Labute approximate surface area is 159 Å². The van der Waals surface area contributed by atoms with E-state index in [0.29, 0.717) is 10.6 Å². The van der Waals surface area contributed by atoms with Crippen LogP contribution in [0.15, 0.2) is 23.2 Å². The topological polar surface area (TPSA) is 54.7 Å². The fourth-order valence-electron chi connectivity index (χ4n) is 2.99. The van der Waals surface area contributed by atoms with Gasteiger partial charge in [-0.25, -0.2) is 4.39 Å². The summed E-state index contributed by atoms with van der Waals surface area (Å²) in [4.78, 5) is 30.9. The number of hydrogen-bond donors (Lipinski definition) is 0. The summed E-state index contributed by atoms with van der Waals surface area (Å²) in [6.07, 6.45) is 4.50. The van der Waals surface area contributed by atoms with Crippen molar-refractivity contribution in [1.82, 2.24) is 9.47 Å². The monoisotopic (exact) mass is 395 g/mol. The first kappa shape index (κ1) is 19.1. The summed E-state index contributed by atoms with van der Waals surface area (Å²) in [5.74, 6) is 0.00130. The standard InChI is InChI=1S/C18H22FN3O2S2/c1-21-14-7-6-13(19)10-15(14)26-18(21)20-16(23)11-25-12-17(24)22-8-4-2-3-5-9-22/h6-7,10H,2-5,8-9,11-12H2,1H3. The van der Waals surface area contributed by atoms with E-state index < -0.39 is 0 Å². The van der Waals surface area contributed by atoms with Crippen molar-refractivity contribution in [3.05, 3.63) is 28.8 Å². The summed E-state index contributed by atoms with van der Waals surface area (Å²) in [6, 6.07) is 4.52. The highest BCUT2D eigenvalue weighted by Gasteiger charge is 2.15. The van der Waals surface area contributed by atoms with Crippen LogP contribution in [0.2, 0.25) is 0 Å².